The van der Waals surface area contributed by atoms with Gasteiger partial charge in [-0.1, -0.05) is 91.5 Å². The lowest BCUT2D eigenvalue weighted by Gasteiger charge is -2.13. The van der Waals surface area contributed by atoms with E-state index in [9.17, 15) is 0 Å². The van der Waals surface area contributed by atoms with Gasteiger partial charge in [-0.2, -0.15) is 0 Å². The molecule has 220 valence electrons. The number of aromatic nitrogens is 3. The van der Waals surface area contributed by atoms with Crippen molar-refractivity contribution in [1.29, 1.82) is 0 Å². The molecule has 0 saturated heterocycles. The van der Waals surface area contributed by atoms with Gasteiger partial charge in [-0.25, -0.2) is 0 Å². The molecule has 3 heteroatoms. The van der Waals surface area contributed by atoms with Gasteiger partial charge in [0.2, 0.25) is 0 Å². The third-order valence-corrected chi connectivity index (χ3v) is 9.75. The summed E-state index contributed by atoms with van der Waals surface area (Å²) in [7, 11) is 0. The van der Waals surface area contributed by atoms with Crippen LogP contribution >= 0.6 is 0 Å². The van der Waals surface area contributed by atoms with Crippen LogP contribution in [0, 0.1) is 0 Å². The first-order valence-corrected chi connectivity index (χ1v) is 16.1. The van der Waals surface area contributed by atoms with E-state index in [0.29, 0.717) is 0 Å². The fraction of sp³-hybridized carbons (Fsp3) is 0. The predicted molar refractivity (Wildman–Crippen MR) is 200 cm³/mol. The zero-order valence-electron chi connectivity index (χ0n) is 25.6. The number of para-hydroxylation sites is 4. The Bertz CT molecular complexity index is 2850. The molecular weight excluding hydrogens is 571 g/mol. The van der Waals surface area contributed by atoms with Crippen molar-refractivity contribution < 1.29 is 0 Å². The summed E-state index contributed by atoms with van der Waals surface area (Å²) in [5.41, 5.74) is 10.5. The molecular formula is C44H29N3. The molecule has 3 heterocycles. The molecule has 3 aromatic heterocycles. The zero-order valence-corrected chi connectivity index (χ0v) is 25.6. The van der Waals surface area contributed by atoms with E-state index in [2.05, 4.69) is 178 Å². The highest BCUT2D eigenvalue weighted by molar-refractivity contribution is 6.20. The maximum atomic E-state index is 4.24. The highest BCUT2D eigenvalue weighted by Crippen LogP contribution is 2.40. The van der Waals surface area contributed by atoms with Crippen molar-refractivity contribution in [1.82, 2.24) is 13.7 Å². The zero-order chi connectivity index (χ0) is 31.1. The quantitative estimate of drug-likeness (QED) is 0.191. The maximum absolute atomic E-state index is 4.24. The first-order chi connectivity index (χ1) is 23.3. The van der Waals surface area contributed by atoms with E-state index < -0.39 is 0 Å². The van der Waals surface area contributed by atoms with Gasteiger partial charge >= 0.3 is 0 Å². The van der Waals surface area contributed by atoms with Crippen molar-refractivity contribution in [2.45, 2.75) is 0 Å². The van der Waals surface area contributed by atoms with Crippen molar-refractivity contribution in [2.24, 2.45) is 0 Å². The molecule has 0 bridgehead atoms. The maximum Gasteiger partial charge on any atom is 0.0620 e. The second kappa shape index (κ2) is 9.84. The van der Waals surface area contributed by atoms with Crippen LogP contribution < -0.4 is 0 Å². The third-order valence-electron chi connectivity index (χ3n) is 9.75. The monoisotopic (exact) mass is 599 g/mol. The Hall–Kier alpha value is -6.32. The summed E-state index contributed by atoms with van der Waals surface area (Å²) in [5, 5.41) is 8.63. The number of hydrogen-bond acceptors (Lipinski definition) is 0. The highest BCUT2D eigenvalue weighted by atomic mass is 15.0. The van der Waals surface area contributed by atoms with Crippen LogP contribution in [0.5, 0.6) is 0 Å². The normalized spacial score (nSPS) is 11.9. The van der Waals surface area contributed by atoms with Gasteiger partial charge in [0, 0.05) is 55.1 Å². The minimum atomic E-state index is 1.07. The SMILES string of the molecule is C=Cc1cc2cc3ccc4c5ccccc5n(-c5ccccc5)c4c3cc2n1-c1ccc2c(c1)c1ccccc1n2-c1ccccc1. The second-order valence-electron chi connectivity index (χ2n) is 12.3. The minimum Gasteiger partial charge on any atom is -0.310 e. The number of rotatable bonds is 4. The molecule has 10 aromatic rings. The van der Waals surface area contributed by atoms with Crippen molar-refractivity contribution in [3.63, 3.8) is 0 Å². The Kier molecular flexibility index (Phi) is 5.43. The predicted octanol–water partition coefficient (Wildman–Crippen LogP) is 11.6. The van der Waals surface area contributed by atoms with E-state index in [1.54, 1.807) is 0 Å². The Morgan fingerprint density at radius 2 is 0.979 bits per heavy atom. The van der Waals surface area contributed by atoms with Crippen molar-refractivity contribution in [2.75, 3.05) is 0 Å². The molecule has 0 saturated carbocycles. The van der Waals surface area contributed by atoms with Crippen LogP contribution in [0.25, 0.3) is 88.4 Å². The molecule has 10 rings (SSSR count). The van der Waals surface area contributed by atoms with Gasteiger partial charge < -0.3 is 13.7 Å². The average molecular weight is 600 g/mol. The van der Waals surface area contributed by atoms with Gasteiger partial charge in [0.15, 0.2) is 0 Å². The topological polar surface area (TPSA) is 14.8 Å². The summed E-state index contributed by atoms with van der Waals surface area (Å²) < 4.78 is 7.15. The molecule has 0 aliphatic rings. The van der Waals surface area contributed by atoms with E-state index in [1.165, 1.54) is 59.8 Å². The van der Waals surface area contributed by atoms with Crippen LogP contribution in [-0.2, 0) is 0 Å². The summed E-state index contributed by atoms with van der Waals surface area (Å²) in [5.74, 6) is 0. The van der Waals surface area contributed by atoms with Gasteiger partial charge in [0.25, 0.3) is 0 Å². The van der Waals surface area contributed by atoms with Crippen LogP contribution in [-0.4, -0.2) is 13.7 Å². The van der Waals surface area contributed by atoms with Crippen LogP contribution in [0.3, 0.4) is 0 Å². The van der Waals surface area contributed by atoms with E-state index in [1.807, 2.05) is 6.08 Å². The fourth-order valence-electron chi connectivity index (χ4n) is 7.75. The summed E-state index contributed by atoms with van der Waals surface area (Å²) in [6.07, 6.45) is 1.97. The van der Waals surface area contributed by atoms with Crippen LogP contribution in [0.2, 0.25) is 0 Å². The third kappa shape index (κ3) is 3.68. The van der Waals surface area contributed by atoms with Crippen LogP contribution in [0.4, 0.5) is 0 Å². The molecule has 0 spiro atoms. The molecule has 0 aliphatic heterocycles. The van der Waals surface area contributed by atoms with Crippen molar-refractivity contribution in [3.05, 3.63) is 170 Å². The number of benzene rings is 7. The molecule has 47 heavy (non-hydrogen) atoms. The molecule has 0 N–H and O–H groups in total. The smallest absolute Gasteiger partial charge is 0.0620 e. The summed E-state index contributed by atoms with van der Waals surface area (Å²) in [6.45, 7) is 4.24. The molecule has 0 aliphatic carbocycles. The molecule has 0 amide bonds. The van der Waals surface area contributed by atoms with E-state index in [4.69, 9.17) is 0 Å². The first kappa shape index (κ1) is 26.0. The Morgan fingerprint density at radius 1 is 0.362 bits per heavy atom. The molecule has 7 aromatic carbocycles. The summed E-state index contributed by atoms with van der Waals surface area (Å²) >= 11 is 0. The molecule has 0 unspecified atom stereocenters. The molecule has 0 fully saturated rings. The average Bonchev–Trinajstić information content (AvgIpc) is 3.78. The molecule has 3 nitrogen and oxygen atoms in total. The summed E-state index contributed by atoms with van der Waals surface area (Å²) in [6, 6.07) is 57.2. The standard InChI is InChI=1S/C44H29N3/c1-2-31-26-30-25-29-21-23-37-35-17-9-12-20-41(35)47(33-15-7-4-8-16-33)44(37)38(29)28-43(30)45(31)34-22-24-42-39(27-34)36-18-10-11-19-40(36)46(42)32-13-5-3-6-14-32/h2-28H,1H2. The Balaban J connectivity index is 1.29. The van der Waals surface area contributed by atoms with Gasteiger partial charge in [-0.15, -0.1) is 0 Å². The number of fused-ring (bicyclic) bond motifs is 9. The Labute approximate surface area is 271 Å². The first-order valence-electron chi connectivity index (χ1n) is 16.1. The fourth-order valence-corrected chi connectivity index (χ4v) is 7.75. The van der Waals surface area contributed by atoms with Gasteiger partial charge in [-0.05, 0) is 84.3 Å². The van der Waals surface area contributed by atoms with Crippen LogP contribution in [0.1, 0.15) is 5.69 Å². The van der Waals surface area contributed by atoms with E-state index in [0.717, 1.165) is 28.3 Å². The second-order valence-corrected chi connectivity index (χ2v) is 12.3. The molecule has 0 radical (unpaired) electrons. The lowest BCUT2D eigenvalue weighted by atomic mass is 10.0. The lowest BCUT2D eigenvalue weighted by molar-refractivity contribution is 1.11. The largest absolute Gasteiger partial charge is 0.310 e. The van der Waals surface area contributed by atoms with Gasteiger partial charge in [0.05, 0.1) is 27.6 Å². The lowest BCUT2D eigenvalue weighted by Crippen LogP contribution is -1.98. The van der Waals surface area contributed by atoms with E-state index in [-0.39, 0.29) is 0 Å². The van der Waals surface area contributed by atoms with Crippen molar-refractivity contribution >= 4 is 71.4 Å². The highest BCUT2D eigenvalue weighted by Gasteiger charge is 2.18. The number of nitrogens with zero attached hydrogens (tertiary/aromatic N) is 3. The van der Waals surface area contributed by atoms with Gasteiger partial charge in [-0.3, -0.25) is 0 Å². The number of hydrogen-bond donors (Lipinski definition) is 0. The van der Waals surface area contributed by atoms with Crippen LogP contribution in [0.15, 0.2) is 164 Å². The molecule has 0 atom stereocenters. The Morgan fingerprint density at radius 3 is 1.70 bits per heavy atom. The van der Waals surface area contributed by atoms with Gasteiger partial charge in [0.1, 0.15) is 0 Å². The van der Waals surface area contributed by atoms with Crippen molar-refractivity contribution in [3.8, 4) is 17.1 Å². The minimum absolute atomic E-state index is 1.07. The summed E-state index contributed by atoms with van der Waals surface area (Å²) in [4.78, 5) is 0. The van der Waals surface area contributed by atoms with E-state index >= 15 is 0 Å².